The highest BCUT2D eigenvalue weighted by Gasteiger charge is 2.34. The monoisotopic (exact) mass is 359 g/mol. The van der Waals surface area contributed by atoms with Gasteiger partial charge in [0.2, 0.25) is 5.91 Å². The van der Waals surface area contributed by atoms with Crippen molar-refractivity contribution in [3.63, 3.8) is 0 Å². The van der Waals surface area contributed by atoms with Gasteiger partial charge in [-0.3, -0.25) is 9.48 Å². The van der Waals surface area contributed by atoms with Gasteiger partial charge in [0, 0.05) is 51.9 Å². The standard InChI is InChI=1S/C19H26FN5O/c1-24(12-14-3-5-16(20)6-4-14)8-7-22-19(26)18-11-21-10-17(18)15-9-23-25(2)13-15/h3-6,9,13,17-18,21H,7-8,10-12H2,1-2H3,(H,22,26)/t17-,18+/m1/s1. The van der Waals surface area contributed by atoms with E-state index in [-0.39, 0.29) is 23.6 Å². The van der Waals surface area contributed by atoms with Gasteiger partial charge in [-0.05, 0) is 30.3 Å². The van der Waals surface area contributed by atoms with Gasteiger partial charge in [0.1, 0.15) is 5.82 Å². The molecule has 1 amide bonds. The molecule has 2 heterocycles. The first kappa shape index (κ1) is 18.5. The first-order chi connectivity index (χ1) is 12.5. The predicted molar refractivity (Wildman–Crippen MR) is 98.1 cm³/mol. The van der Waals surface area contributed by atoms with Crippen molar-refractivity contribution < 1.29 is 9.18 Å². The van der Waals surface area contributed by atoms with Crippen molar-refractivity contribution in [3.8, 4) is 0 Å². The molecule has 2 aromatic rings. The number of hydrogen-bond acceptors (Lipinski definition) is 4. The van der Waals surface area contributed by atoms with Gasteiger partial charge in [-0.1, -0.05) is 12.1 Å². The number of rotatable bonds is 7. The van der Waals surface area contributed by atoms with E-state index in [4.69, 9.17) is 0 Å². The number of nitrogens with one attached hydrogen (secondary N) is 2. The number of aryl methyl sites for hydroxylation is 1. The number of hydrogen-bond donors (Lipinski definition) is 2. The fourth-order valence-corrected chi connectivity index (χ4v) is 3.42. The highest BCUT2D eigenvalue weighted by Crippen LogP contribution is 2.27. The SMILES string of the molecule is CN(CCNC(=O)[C@H]1CNC[C@@H]1c1cnn(C)c1)Cc1ccc(F)cc1. The van der Waals surface area contributed by atoms with Crippen LogP contribution in [0.1, 0.15) is 17.0 Å². The Morgan fingerprint density at radius 1 is 1.38 bits per heavy atom. The Hall–Kier alpha value is -2.25. The fraction of sp³-hybridized carbons (Fsp3) is 0.474. The maximum Gasteiger partial charge on any atom is 0.225 e. The third-order valence-electron chi connectivity index (χ3n) is 4.86. The van der Waals surface area contributed by atoms with E-state index in [9.17, 15) is 9.18 Å². The molecule has 1 aliphatic heterocycles. The summed E-state index contributed by atoms with van der Waals surface area (Å²) in [6, 6.07) is 6.51. The van der Waals surface area contributed by atoms with Crippen LogP contribution in [-0.2, 0) is 18.4 Å². The molecule has 1 fully saturated rings. The third-order valence-corrected chi connectivity index (χ3v) is 4.86. The molecule has 140 valence electrons. The van der Waals surface area contributed by atoms with Crippen molar-refractivity contribution in [3.05, 3.63) is 53.6 Å². The number of benzene rings is 1. The van der Waals surface area contributed by atoms with E-state index in [0.717, 1.165) is 30.8 Å². The Labute approximate surface area is 153 Å². The highest BCUT2D eigenvalue weighted by atomic mass is 19.1. The van der Waals surface area contributed by atoms with Crippen molar-refractivity contribution in [2.24, 2.45) is 13.0 Å². The van der Waals surface area contributed by atoms with Crippen molar-refractivity contribution in [2.75, 3.05) is 33.2 Å². The van der Waals surface area contributed by atoms with Crippen molar-refractivity contribution in [2.45, 2.75) is 12.5 Å². The maximum absolute atomic E-state index is 12.9. The summed E-state index contributed by atoms with van der Waals surface area (Å²) in [6.45, 7) is 3.54. The van der Waals surface area contributed by atoms with Gasteiger partial charge >= 0.3 is 0 Å². The van der Waals surface area contributed by atoms with Crippen molar-refractivity contribution in [1.29, 1.82) is 0 Å². The molecule has 0 saturated carbocycles. The average molecular weight is 359 g/mol. The fourth-order valence-electron chi connectivity index (χ4n) is 3.42. The van der Waals surface area contributed by atoms with Crippen LogP contribution in [0.3, 0.4) is 0 Å². The Bertz CT molecular complexity index is 730. The molecule has 1 aliphatic rings. The summed E-state index contributed by atoms with van der Waals surface area (Å²) >= 11 is 0. The van der Waals surface area contributed by atoms with Crippen LogP contribution in [0.25, 0.3) is 0 Å². The Kier molecular flexibility index (Phi) is 6.00. The lowest BCUT2D eigenvalue weighted by atomic mass is 9.90. The molecule has 7 heteroatoms. The second-order valence-electron chi connectivity index (χ2n) is 6.97. The number of aromatic nitrogens is 2. The van der Waals surface area contributed by atoms with Gasteiger partial charge in [-0.15, -0.1) is 0 Å². The zero-order valence-electron chi connectivity index (χ0n) is 15.3. The van der Waals surface area contributed by atoms with E-state index in [0.29, 0.717) is 13.1 Å². The summed E-state index contributed by atoms with van der Waals surface area (Å²) < 4.78 is 14.7. The maximum atomic E-state index is 12.9. The summed E-state index contributed by atoms with van der Waals surface area (Å²) in [7, 11) is 3.88. The van der Waals surface area contributed by atoms with Gasteiger partial charge in [0.05, 0.1) is 12.1 Å². The molecular formula is C19H26FN5O. The first-order valence-corrected chi connectivity index (χ1v) is 8.93. The van der Waals surface area contributed by atoms with Crippen LogP contribution in [0.2, 0.25) is 0 Å². The molecule has 1 aromatic carbocycles. The summed E-state index contributed by atoms with van der Waals surface area (Å²) in [5, 5.41) is 10.6. The van der Waals surface area contributed by atoms with Crippen LogP contribution in [0.4, 0.5) is 4.39 Å². The summed E-state index contributed by atoms with van der Waals surface area (Å²) in [4.78, 5) is 14.7. The van der Waals surface area contributed by atoms with E-state index >= 15 is 0 Å². The molecular weight excluding hydrogens is 333 g/mol. The zero-order chi connectivity index (χ0) is 18.5. The minimum atomic E-state index is -0.225. The van der Waals surface area contributed by atoms with Gasteiger partial charge in [0.15, 0.2) is 0 Å². The number of amides is 1. The van der Waals surface area contributed by atoms with Gasteiger partial charge < -0.3 is 15.5 Å². The van der Waals surface area contributed by atoms with Crippen LogP contribution in [0.5, 0.6) is 0 Å². The number of carbonyl (C=O) groups is 1. The van der Waals surface area contributed by atoms with E-state index in [2.05, 4.69) is 20.6 Å². The Morgan fingerprint density at radius 3 is 2.85 bits per heavy atom. The van der Waals surface area contributed by atoms with Crippen molar-refractivity contribution in [1.82, 2.24) is 25.3 Å². The molecule has 0 radical (unpaired) electrons. The Morgan fingerprint density at radius 2 is 2.15 bits per heavy atom. The van der Waals surface area contributed by atoms with E-state index in [1.165, 1.54) is 12.1 Å². The predicted octanol–water partition coefficient (Wildman–Crippen LogP) is 1.11. The van der Waals surface area contributed by atoms with Crippen LogP contribution < -0.4 is 10.6 Å². The summed E-state index contributed by atoms with van der Waals surface area (Å²) in [6.07, 6.45) is 3.82. The van der Waals surface area contributed by atoms with Gasteiger partial charge in [-0.25, -0.2) is 4.39 Å². The molecule has 3 rings (SSSR count). The molecule has 1 saturated heterocycles. The molecule has 0 bridgehead atoms. The van der Waals surface area contributed by atoms with Crippen LogP contribution in [-0.4, -0.2) is 53.8 Å². The smallest absolute Gasteiger partial charge is 0.225 e. The van der Waals surface area contributed by atoms with Crippen LogP contribution in [0.15, 0.2) is 36.7 Å². The molecule has 2 atom stereocenters. The zero-order valence-corrected chi connectivity index (χ0v) is 15.3. The second kappa shape index (κ2) is 8.42. The Balaban J connectivity index is 1.45. The van der Waals surface area contributed by atoms with E-state index < -0.39 is 0 Å². The highest BCUT2D eigenvalue weighted by molar-refractivity contribution is 5.80. The summed E-state index contributed by atoms with van der Waals surface area (Å²) in [5.74, 6) is -0.0432. The minimum absolute atomic E-state index is 0.0680. The molecule has 2 N–H and O–H groups in total. The number of nitrogens with zero attached hydrogens (tertiary/aromatic N) is 3. The minimum Gasteiger partial charge on any atom is -0.355 e. The average Bonchev–Trinajstić information content (AvgIpc) is 3.25. The van der Waals surface area contributed by atoms with E-state index in [1.54, 1.807) is 16.8 Å². The number of likely N-dealkylation sites (N-methyl/N-ethyl adjacent to an activating group) is 1. The van der Waals surface area contributed by atoms with Gasteiger partial charge in [0.25, 0.3) is 0 Å². The van der Waals surface area contributed by atoms with E-state index in [1.807, 2.05) is 26.5 Å². The summed E-state index contributed by atoms with van der Waals surface area (Å²) in [5.41, 5.74) is 2.16. The first-order valence-electron chi connectivity index (χ1n) is 8.93. The van der Waals surface area contributed by atoms with Crippen LogP contribution >= 0.6 is 0 Å². The van der Waals surface area contributed by atoms with Crippen LogP contribution in [0, 0.1) is 11.7 Å². The lowest BCUT2D eigenvalue weighted by Crippen LogP contribution is -2.38. The quantitative estimate of drug-likeness (QED) is 0.778. The molecule has 6 nitrogen and oxygen atoms in total. The lowest BCUT2D eigenvalue weighted by Gasteiger charge is -2.20. The molecule has 1 aromatic heterocycles. The number of carbonyl (C=O) groups excluding carboxylic acids is 1. The second-order valence-corrected chi connectivity index (χ2v) is 6.97. The third kappa shape index (κ3) is 4.68. The van der Waals surface area contributed by atoms with Crippen molar-refractivity contribution >= 4 is 5.91 Å². The normalized spacial score (nSPS) is 19.8. The molecule has 26 heavy (non-hydrogen) atoms. The molecule has 0 aliphatic carbocycles. The van der Waals surface area contributed by atoms with Gasteiger partial charge in [-0.2, -0.15) is 5.10 Å². The molecule has 0 spiro atoms. The molecule has 0 unspecified atom stereocenters. The topological polar surface area (TPSA) is 62.2 Å². The largest absolute Gasteiger partial charge is 0.355 e. The lowest BCUT2D eigenvalue weighted by molar-refractivity contribution is -0.124. The number of halogens is 1.